The fourth-order valence-corrected chi connectivity index (χ4v) is 3.36. The summed E-state index contributed by atoms with van der Waals surface area (Å²) in [6.45, 7) is 3.85. The van der Waals surface area contributed by atoms with Crippen LogP contribution in [0.4, 0.5) is 5.69 Å². The number of carbonyl (C=O) groups is 2. The highest BCUT2D eigenvalue weighted by Gasteiger charge is 2.15. The zero-order valence-electron chi connectivity index (χ0n) is 16.8. The second kappa shape index (κ2) is 11.5. The molecule has 0 aliphatic heterocycles. The largest absolute Gasteiger partial charge is 0.329 e. The van der Waals surface area contributed by atoms with Crippen molar-refractivity contribution < 1.29 is 9.59 Å². The first-order valence-corrected chi connectivity index (χ1v) is 10.3. The summed E-state index contributed by atoms with van der Waals surface area (Å²) in [5.74, 6) is -1.39. The third-order valence-electron chi connectivity index (χ3n) is 5.09. The molecule has 2 rings (SSSR count). The quantitative estimate of drug-likeness (QED) is 0.566. The van der Waals surface area contributed by atoms with E-state index in [1.165, 1.54) is 44.9 Å². The predicted molar refractivity (Wildman–Crippen MR) is 111 cm³/mol. The molecule has 1 fully saturated rings. The first-order chi connectivity index (χ1) is 13.1. The van der Waals surface area contributed by atoms with Crippen LogP contribution in [0.2, 0.25) is 0 Å². The molecule has 2 amide bonds. The summed E-state index contributed by atoms with van der Waals surface area (Å²) < 4.78 is 0. The smallest absolute Gasteiger partial charge is 0.317 e. The monoisotopic (exact) mass is 371 g/mol. The van der Waals surface area contributed by atoms with E-state index in [1.54, 1.807) is 0 Å². The summed E-state index contributed by atoms with van der Waals surface area (Å²) in [4.78, 5) is 24.3. The van der Waals surface area contributed by atoms with Gasteiger partial charge in [-0.15, -0.1) is 0 Å². The lowest BCUT2D eigenvalue weighted by Gasteiger charge is -2.10. The van der Waals surface area contributed by atoms with Gasteiger partial charge in [-0.05, 0) is 56.7 Å². The van der Waals surface area contributed by atoms with Crippen LogP contribution in [0.1, 0.15) is 81.8 Å². The van der Waals surface area contributed by atoms with E-state index in [0.29, 0.717) is 5.69 Å². The molecule has 1 aromatic carbocycles. The Labute approximate surface area is 163 Å². The zero-order chi connectivity index (χ0) is 19.5. The first kappa shape index (κ1) is 21.1. The molecule has 5 heteroatoms. The molecule has 0 atom stereocenters. The number of rotatable bonds is 2. The Morgan fingerprint density at radius 2 is 1.37 bits per heavy atom. The zero-order valence-corrected chi connectivity index (χ0v) is 16.8. The van der Waals surface area contributed by atoms with E-state index < -0.39 is 11.8 Å². The molecule has 5 nitrogen and oxygen atoms in total. The second-order valence-electron chi connectivity index (χ2n) is 7.57. The van der Waals surface area contributed by atoms with Crippen molar-refractivity contribution in [1.29, 1.82) is 0 Å². The van der Waals surface area contributed by atoms with E-state index in [4.69, 9.17) is 0 Å². The maximum atomic E-state index is 12.2. The molecule has 0 bridgehead atoms. The summed E-state index contributed by atoms with van der Waals surface area (Å²) in [5, 5.41) is 6.94. The minimum atomic E-state index is -0.713. The Balaban J connectivity index is 1.89. The van der Waals surface area contributed by atoms with Gasteiger partial charge in [0.15, 0.2) is 0 Å². The van der Waals surface area contributed by atoms with Crippen molar-refractivity contribution in [3.05, 3.63) is 29.3 Å². The Bertz CT molecular complexity index is 654. The van der Waals surface area contributed by atoms with Crippen molar-refractivity contribution in [3.8, 4) is 0 Å². The topological polar surface area (TPSA) is 70.6 Å². The number of carbonyl (C=O) groups excluding carboxylic acids is 2. The average Bonchev–Trinajstić information content (AvgIpc) is 2.64. The third kappa shape index (κ3) is 7.94. The fourth-order valence-electron chi connectivity index (χ4n) is 3.36. The van der Waals surface area contributed by atoms with Gasteiger partial charge in [0.2, 0.25) is 0 Å². The molecule has 1 aliphatic rings. The summed E-state index contributed by atoms with van der Waals surface area (Å²) in [7, 11) is 0. The van der Waals surface area contributed by atoms with Crippen molar-refractivity contribution in [1.82, 2.24) is 5.43 Å². The molecule has 1 aliphatic carbocycles. The number of aryl methyl sites for hydroxylation is 2. The third-order valence-corrected chi connectivity index (χ3v) is 5.09. The van der Waals surface area contributed by atoms with Gasteiger partial charge < -0.3 is 5.32 Å². The van der Waals surface area contributed by atoms with E-state index in [0.717, 1.165) is 42.5 Å². The molecular formula is C22H33N3O2. The minimum absolute atomic E-state index is 0.661. The average molecular weight is 372 g/mol. The minimum Gasteiger partial charge on any atom is -0.317 e. The number of benzene rings is 1. The molecule has 148 valence electrons. The Morgan fingerprint density at radius 3 is 1.96 bits per heavy atom. The van der Waals surface area contributed by atoms with Crippen molar-refractivity contribution in [2.45, 2.75) is 84.5 Å². The van der Waals surface area contributed by atoms with Crippen molar-refractivity contribution in [2.24, 2.45) is 5.10 Å². The first-order valence-electron chi connectivity index (χ1n) is 10.3. The van der Waals surface area contributed by atoms with Gasteiger partial charge in [-0.25, -0.2) is 5.43 Å². The highest BCUT2D eigenvalue weighted by Crippen LogP contribution is 2.17. The second-order valence-corrected chi connectivity index (χ2v) is 7.57. The maximum absolute atomic E-state index is 12.2. The Hall–Kier alpha value is -2.17. The van der Waals surface area contributed by atoms with Gasteiger partial charge in [0.05, 0.1) is 0 Å². The molecular weight excluding hydrogens is 338 g/mol. The van der Waals surface area contributed by atoms with Gasteiger partial charge in [0.25, 0.3) is 0 Å². The SMILES string of the molecule is Cc1ccc(C)c(NC(=O)C(=O)NN=C2CCCCCCCCCCC2)c1. The molecule has 0 radical (unpaired) electrons. The van der Waals surface area contributed by atoms with Crippen molar-refractivity contribution in [3.63, 3.8) is 0 Å². The summed E-state index contributed by atoms with van der Waals surface area (Å²) in [5.41, 5.74) is 6.08. The van der Waals surface area contributed by atoms with Crippen LogP contribution < -0.4 is 10.7 Å². The van der Waals surface area contributed by atoms with Crippen LogP contribution in [0, 0.1) is 13.8 Å². The highest BCUT2D eigenvalue weighted by atomic mass is 16.2. The van der Waals surface area contributed by atoms with Gasteiger partial charge in [-0.1, -0.05) is 57.1 Å². The van der Waals surface area contributed by atoms with E-state index >= 15 is 0 Å². The van der Waals surface area contributed by atoms with Crippen LogP contribution in [-0.2, 0) is 9.59 Å². The molecule has 0 unspecified atom stereocenters. The van der Waals surface area contributed by atoms with E-state index in [2.05, 4.69) is 15.8 Å². The number of anilines is 1. The van der Waals surface area contributed by atoms with Crippen LogP contribution in [-0.4, -0.2) is 17.5 Å². The Morgan fingerprint density at radius 1 is 0.815 bits per heavy atom. The normalized spacial score (nSPS) is 16.6. The maximum Gasteiger partial charge on any atom is 0.329 e. The molecule has 1 saturated carbocycles. The standard InChI is InChI=1S/C22H33N3O2/c1-17-14-15-18(2)20(16-17)23-21(26)22(27)25-24-19-12-10-8-6-4-3-5-7-9-11-13-19/h14-16H,3-13H2,1-2H3,(H,23,26)(H,25,27). The van der Waals surface area contributed by atoms with Crippen LogP contribution in [0.3, 0.4) is 0 Å². The van der Waals surface area contributed by atoms with Gasteiger partial charge in [0, 0.05) is 11.4 Å². The molecule has 0 aromatic heterocycles. The number of hydrogen-bond donors (Lipinski definition) is 2. The van der Waals surface area contributed by atoms with Crippen molar-refractivity contribution >= 4 is 23.2 Å². The number of nitrogens with zero attached hydrogens (tertiary/aromatic N) is 1. The van der Waals surface area contributed by atoms with Crippen LogP contribution >= 0.6 is 0 Å². The van der Waals surface area contributed by atoms with Crippen LogP contribution in [0.5, 0.6) is 0 Å². The number of amides is 2. The van der Waals surface area contributed by atoms with Gasteiger partial charge in [-0.2, -0.15) is 5.10 Å². The number of hydrogen-bond acceptors (Lipinski definition) is 3. The number of nitrogens with one attached hydrogen (secondary N) is 2. The highest BCUT2D eigenvalue weighted by molar-refractivity contribution is 6.39. The molecule has 0 spiro atoms. The lowest BCUT2D eigenvalue weighted by Crippen LogP contribution is -2.33. The molecule has 1 aromatic rings. The van der Waals surface area contributed by atoms with Crippen LogP contribution in [0.25, 0.3) is 0 Å². The van der Waals surface area contributed by atoms with Gasteiger partial charge in [-0.3, -0.25) is 9.59 Å². The lowest BCUT2D eigenvalue weighted by atomic mass is 10.00. The predicted octanol–water partition coefficient (Wildman–Crippen LogP) is 5.02. The van der Waals surface area contributed by atoms with Gasteiger partial charge >= 0.3 is 11.8 Å². The summed E-state index contributed by atoms with van der Waals surface area (Å²) >= 11 is 0. The molecule has 0 saturated heterocycles. The van der Waals surface area contributed by atoms with E-state index in [9.17, 15) is 9.59 Å². The van der Waals surface area contributed by atoms with Crippen molar-refractivity contribution in [2.75, 3.05) is 5.32 Å². The van der Waals surface area contributed by atoms with Crippen LogP contribution in [0.15, 0.2) is 23.3 Å². The molecule has 2 N–H and O–H groups in total. The lowest BCUT2D eigenvalue weighted by molar-refractivity contribution is -0.136. The summed E-state index contributed by atoms with van der Waals surface area (Å²) in [6, 6.07) is 5.76. The fraction of sp³-hybridized carbons (Fsp3) is 0.591. The van der Waals surface area contributed by atoms with E-state index in [-0.39, 0.29) is 0 Å². The Kier molecular flexibility index (Phi) is 9.02. The van der Waals surface area contributed by atoms with Gasteiger partial charge in [0.1, 0.15) is 0 Å². The number of hydrazone groups is 1. The van der Waals surface area contributed by atoms with E-state index in [1.807, 2.05) is 32.0 Å². The molecule has 0 heterocycles. The molecule has 27 heavy (non-hydrogen) atoms. The summed E-state index contributed by atoms with van der Waals surface area (Å²) in [6.07, 6.45) is 13.0.